The van der Waals surface area contributed by atoms with Gasteiger partial charge in [0.1, 0.15) is 12.4 Å². The maximum atomic E-state index is 13.1. The molecule has 0 saturated carbocycles. The van der Waals surface area contributed by atoms with Gasteiger partial charge in [0.05, 0.1) is 0 Å². The van der Waals surface area contributed by atoms with Crippen LogP contribution in [0.25, 0.3) is 17.2 Å². The average molecular weight is 373 g/mol. The van der Waals surface area contributed by atoms with E-state index < -0.39 is 6.09 Å². The molecule has 4 rings (SSSR count). The van der Waals surface area contributed by atoms with Crippen molar-refractivity contribution in [1.82, 2.24) is 5.32 Å². The van der Waals surface area contributed by atoms with Crippen molar-refractivity contribution in [2.24, 2.45) is 0 Å². The molecule has 28 heavy (non-hydrogen) atoms. The Morgan fingerprint density at radius 1 is 0.964 bits per heavy atom. The zero-order chi connectivity index (χ0) is 19.3. The summed E-state index contributed by atoms with van der Waals surface area (Å²) in [5.41, 5.74) is 5.51. The van der Waals surface area contributed by atoms with Crippen LogP contribution >= 0.6 is 0 Å². The van der Waals surface area contributed by atoms with E-state index in [0.29, 0.717) is 6.54 Å². The van der Waals surface area contributed by atoms with Crippen LogP contribution in [-0.2, 0) is 4.74 Å². The van der Waals surface area contributed by atoms with E-state index in [0.717, 1.165) is 5.56 Å². The molecule has 4 heteroatoms. The average Bonchev–Trinajstić information content (AvgIpc) is 3.04. The fourth-order valence-electron chi connectivity index (χ4n) is 3.60. The molecule has 0 aliphatic heterocycles. The molecule has 0 aromatic heterocycles. The highest BCUT2D eigenvalue weighted by molar-refractivity contribution is 5.79. The summed E-state index contributed by atoms with van der Waals surface area (Å²) in [7, 11) is 0. The monoisotopic (exact) mass is 373 g/mol. The van der Waals surface area contributed by atoms with E-state index >= 15 is 0 Å². The Bertz CT molecular complexity index is 983. The van der Waals surface area contributed by atoms with E-state index in [9.17, 15) is 9.18 Å². The van der Waals surface area contributed by atoms with Crippen molar-refractivity contribution >= 4 is 12.2 Å². The summed E-state index contributed by atoms with van der Waals surface area (Å²) in [4.78, 5) is 12.1. The second-order valence-electron chi connectivity index (χ2n) is 6.66. The van der Waals surface area contributed by atoms with E-state index in [2.05, 4.69) is 29.6 Å². The largest absolute Gasteiger partial charge is 0.449 e. The van der Waals surface area contributed by atoms with Gasteiger partial charge in [-0.25, -0.2) is 9.18 Å². The first-order chi connectivity index (χ1) is 13.7. The van der Waals surface area contributed by atoms with Crippen LogP contribution in [-0.4, -0.2) is 19.2 Å². The third-order valence-corrected chi connectivity index (χ3v) is 4.87. The first kappa shape index (κ1) is 18.0. The van der Waals surface area contributed by atoms with Gasteiger partial charge in [-0.05, 0) is 39.9 Å². The lowest BCUT2D eigenvalue weighted by molar-refractivity contribution is 0.144. The Morgan fingerprint density at radius 3 is 2.32 bits per heavy atom. The van der Waals surface area contributed by atoms with Crippen molar-refractivity contribution < 1.29 is 13.9 Å². The van der Waals surface area contributed by atoms with Gasteiger partial charge >= 0.3 is 6.09 Å². The summed E-state index contributed by atoms with van der Waals surface area (Å²) in [5.74, 6) is -0.243. The molecule has 0 saturated heterocycles. The van der Waals surface area contributed by atoms with Crippen molar-refractivity contribution in [1.29, 1.82) is 0 Å². The summed E-state index contributed by atoms with van der Waals surface area (Å²) in [6.07, 6.45) is 3.05. The Labute approximate surface area is 163 Å². The molecule has 140 valence electrons. The van der Waals surface area contributed by atoms with Crippen LogP contribution in [0.15, 0.2) is 78.9 Å². The highest BCUT2D eigenvalue weighted by Gasteiger charge is 2.28. The number of carbonyl (C=O) groups is 1. The summed E-state index contributed by atoms with van der Waals surface area (Å²) in [6.45, 7) is 0.598. The highest BCUT2D eigenvalue weighted by atomic mass is 19.1. The SMILES string of the molecule is O=C(NCC=Cc1cccc(F)c1)OCC1c2ccccc2-c2ccccc21. The van der Waals surface area contributed by atoms with Crippen molar-refractivity contribution in [2.45, 2.75) is 5.92 Å². The highest BCUT2D eigenvalue weighted by Crippen LogP contribution is 2.44. The number of hydrogen-bond acceptors (Lipinski definition) is 2. The minimum atomic E-state index is -0.467. The van der Waals surface area contributed by atoms with Crippen LogP contribution in [0, 0.1) is 5.82 Å². The molecule has 0 heterocycles. The van der Waals surface area contributed by atoms with Crippen molar-refractivity contribution in [3.8, 4) is 11.1 Å². The lowest BCUT2D eigenvalue weighted by Gasteiger charge is -2.14. The van der Waals surface area contributed by atoms with Gasteiger partial charge in [-0.3, -0.25) is 0 Å². The quantitative estimate of drug-likeness (QED) is 0.652. The van der Waals surface area contributed by atoms with Crippen molar-refractivity contribution in [2.75, 3.05) is 13.2 Å². The fraction of sp³-hybridized carbons (Fsp3) is 0.125. The molecule has 1 aliphatic rings. The molecular weight excluding hydrogens is 353 g/mol. The fourth-order valence-corrected chi connectivity index (χ4v) is 3.60. The summed E-state index contributed by atoms with van der Waals surface area (Å²) >= 11 is 0. The predicted molar refractivity (Wildman–Crippen MR) is 109 cm³/mol. The Morgan fingerprint density at radius 2 is 1.64 bits per heavy atom. The smallest absolute Gasteiger partial charge is 0.407 e. The standard InChI is InChI=1S/C24H20FNO2/c25-18-9-5-7-17(15-18)8-6-14-26-24(27)28-16-23-21-12-3-1-10-19(21)20-11-2-4-13-22(20)23/h1-13,15,23H,14,16H2,(H,26,27). The summed E-state index contributed by atoms with van der Waals surface area (Å²) in [6, 6.07) is 22.7. The number of carbonyl (C=O) groups excluding carboxylic acids is 1. The number of rotatable bonds is 5. The Hall–Kier alpha value is -3.40. The van der Waals surface area contributed by atoms with Gasteiger partial charge in [0, 0.05) is 12.5 Å². The minimum absolute atomic E-state index is 0.0426. The molecule has 0 unspecified atom stereocenters. The van der Waals surface area contributed by atoms with Gasteiger partial charge < -0.3 is 10.1 Å². The number of fused-ring (bicyclic) bond motifs is 3. The Kier molecular flexibility index (Phi) is 5.20. The van der Waals surface area contributed by atoms with E-state index in [-0.39, 0.29) is 18.3 Å². The summed E-state index contributed by atoms with van der Waals surface area (Å²) < 4.78 is 18.6. The van der Waals surface area contributed by atoms with Gasteiger partial charge in [0.2, 0.25) is 0 Å². The number of hydrogen-bond donors (Lipinski definition) is 1. The molecule has 0 bridgehead atoms. The van der Waals surface area contributed by atoms with Crippen LogP contribution in [0.1, 0.15) is 22.6 Å². The molecular formula is C24H20FNO2. The first-order valence-corrected chi connectivity index (χ1v) is 9.23. The van der Waals surface area contributed by atoms with Crippen LogP contribution in [0.2, 0.25) is 0 Å². The number of ether oxygens (including phenoxy) is 1. The molecule has 0 spiro atoms. The third-order valence-electron chi connectivity index (χ3n) is 4.87. The van der Waals surface area contributed by atoms with Crippen LogP contribution in [0.5, 0.6) is 0 Å². The van der Waals surface area contributed by atoms with E-state index in [1.54, 1.807) is 24.3 Å². The van der Waals surface area contributed by atoms with E-state index in [1.807, 2.05) is 24.3 Å². The second-order valence-corrected chi connectivity index (χ2v) is 6.66. The van der Waals surface area contributed by atoms with Crippen LogP contribution in [0.3, 0.4) is 0 Å². The van der Waals surface area contributed by atoms with Crippen molar-refractivity contribution in [3.05, 3.63) is 101 Å². The summed E-state index contributed by atoms with van der Waals surface area (Å²) in [5, 5.41) is 2.70. The van der Waals surface area contributed by atoms with Crippen molar-refractivity contribution in [3.63, 3.8) is 0 Å². The van der Waals surface area contributed by atoms with E-state index in [1.165, 1.54) is 34.4 Å². The predicted octanol–water partition coefficient (Wildman–Crippen LogP) is 5.38. The minimum Gasteiger partial charge on any atom is -0.449 e. The molecule has 0 atom stereocenters. The zero-order valence-electron chi connectivity index (χ0n) is 15.3. The van der Waals surface area contributed by atoms with Crippen LogP contribution < -0.4 is 5.32 Å². The van der Waals surface area contributed by atoms with Gasteiger partial charge in [0.15, 0.2) is 0 Å². The third kappa shape index (κ3) is 3.81. The maximum absolute atomic E-state index is 13.1. The molecule has 3 nitrogen and oxygen atoms in total. The molecule has 0 fully saturated rings. The zero-order valence-corrected chi connectivity index (χ0v) is 15.3. The van der Waals surface area contributed by atoms with Crippen LogP contribution in [0.4, 0.5) is 9.18 Å². The molecule has 3 aromatic carbocycles. The Balaban J connectivity index is 1.34. The number of benzene rings is 3. The molecule has 1 aliphatic carbocycles. The number of nitrogens with one attached hydrogen (secondary N) is 1. The number of alkyl carbamates (subject to hydrolysis) is 1. The topological polar surface area (TPSA) is 38.3 Å². The molecule has 0 radical (unpaired) electrons. The van der Waals surface area contributed by atoms with Gasteiger partial charge in [-0.15, -0.1) is 0 Å². The molecule has 3 aromatic rings. The maximum Gasteiger partial charge on any atom is 0.407 e. The normalized spacial score (nSPS) is 12.6. The second kappa shape index (κ2) is 8.09. The molecule has 1 N–H and O–H groups in total. The van der Waals surface area contributed by atoms with E-state index in [4.69, 9.17) is 4.74 Å². The molecule has 1 amide bonds. The lowest BCUT2D eigenvalue weighted by atomic mass is 9.98. The van der Waals surface area contributed by atoms with Gasteiger partial charge in [0.25, 0.3) is 0 Å². The first-order valence-electron chi connectivity index (χ1n) is 9.23. The van der Waals surface area contributed by atoms with Gasteiger partial charge in [-0.2, -0.15) is 0 Å². The number of amides is 1. The lowest BCUT2D eigenvalue weighted by Crippen LogP contribution is -2.26. The number of halogens is 1. The van der Waals surface area contributed by atoms with Gasteiger partial charge in [-0.1, -0.05) is 72.8 Å².